The van der Waals surface area contributed by atoms with Crippen LogP contribution in [0.2, 0.25) is 0 Å². The lowest BCUT2D eigenvalue weighted by Gasteiger charge is -2.21. The van der Waals surface area contributed by atoms with Gasteiger partial charge in [-0.1, -0.05) is 18.2 Å². The lowest BCUT2D eigenvalue weighted by molar-refractivity contribution is -0.119. The van der Waals surface area contributed by atoms with Crippen molar-refractivity contribution in [3.8, 4) is 22.1 Å². The summed E-state index contributed by atoms with van der Waals surface area (Å²) in [6, 6.07) is 17.2. The van der Waals surface area contributed by atoms with Crippen LogP contribution in [-0.4, -0.2) is 52.4 Å². The maximum atomic E-state index is 15.2. The third-order valence-corrected chi connectivity index (χ3v) is 8.43. The van der Waals surface area contributed by atoms with Crippen LogP contribution in [0, 0.1) is 11.6 Å². The van der Waals surface area contributed by atoms with Crippen molar-refractivity contribution in [3.05, 3.63) is 102 Å². The normalized spacial score (nSPS) is 11.9. The molecule has 5 aromatic rings. The number of halogens is 2. The standard InChI is InChI=1S/C36H35F2N5O5S2/c1-36(2,3)43-35(45)47-20-25(46-4)15-22-7-11-27(40-19-22)31-18-28-33(50-31)30(13-14-39-28)48-29-12-10-24(17-26(29)38)41-34(49)42-32(44)16-21-5-8-23(37)9-6-21/h5-14,17-19,25H,15-16,20H2,1-4H3,(H,43,45)(H2,41,42,44,49). The predicted molar refractivity (Wildman–Crippen MR) is 193 cm³/mol. The number of ether oxygens (including phenoxy) is 3. The van der Waals surface area contributed by atoms with Crippen LogP contribution < -0.4 is 20.7 Å². The topological polar surface area (TPSA) is 124 Å². The van der Waals surface area contributed by atoms with E-state index in [9.17, 15) is 14.0 Å². The van der Waals surface area contributed by atoms with Crippen LogP contribution in [0.15, 0.2) is 79.1 Å². The van der Waals surface area contributed by atoms with Crippen LogP contribution >= 0.6 is 23.6 Å². The molecular formula is C36H35F2N5O5S2. The molecule has 0 saturated heterocycles. The number of alkyl carbamates (subject to hydrolysis) is 1. The Morgan fingerprint density at radius 2 is 1.72 bits per heavy atom. The van der Waals surface area contributed by atoms with Crippen LogP contribution in [0.25, 0.3) is 20.8 Å². The van der Waals surface area contributed by atoms with Gasteiger partial charge in [0.05, 0.1) is 33.3 Å². The number of thiophene rings is 1. The summed E-state index contributed by atoms with van der Waals surface area (Å²) in [6.07, 6.45) is 2.98. The molecule has 50 heavy (non-hydrogen) atoms. The Bertz CT molecular complexity index is 1980. The predicted octanol–water partition coefficient (Wildman–Crippen LogP) is 7.57. The van der Waals surface area contributed by atoms with Crippen LogP contribution in [0.3, 0.4) is 0 Å². The molecule has 2 amide bonds. The van der Waals surface area contributed by atoms with Gasteiger partial charge >= 0.3 is 6.09 Å². The van der Waals surface area contributed by atoms with Gasteiger partial charge in [0.25, 0.3) is 0 Å². The van der Waals surface area contributed by atoms with Crippen molar-refractivity contribution in [2.45, 2.75) is 45.3 Å². The molecule has 3 aromatic heterocycles. The summed E-state index contributed by atoms with van der Waals surface area (Å²) in [4.78, 5) is 34.2. The minimum absolute atomic E-state index is 0.000560. The first-order valence-corrected chi connectivity index (χ1v) is 16.7. The summed E-state index contributed by atoms with van der Waals surface area (Å²) in [7, 11) is 1.57. The van der Waals surface area contributed by atoms with Crippen molar-refractivity contribution in [1.82, 2.24) is 20.6 Å². The molecule has 0 aliphatic carbocycles. The highest BCUT2D eigenvalue weighted by Gasteiger charge is 2.18. The molecule has 3 heterocycles. The molecule has 0 aliphatic heterocycles. The molecule has 0 bridgehead atoms. The summed E-state index contributed by atoms with van der Waals surface area (Å²) in [5, 5.41) is 8.06. The summed E-state index contributed by atoms with van der Waals surface area (Å²) in [5.41, 5.74) is 2.82. The Balaban J connectivity index is 1.19. The minimum atomic E-state index is -0.649. The third kappa shape index (κ3) is 10.2. The van der Waals surface area contributed by atoms with Crippen LogP contribution in [0.5, 0.6) is 11.5 Å². The molecule has 5 rings (SSSR count). The van der Waals surface area contributed by atoms with Gasteiger partial charge in [-0.25, -0.2) is 13.6 Å². The number of fused-ring (bicyclic) bond motifs is 1. The number of methoxy groups -OCH3 is 1. The van der Waals surface area contributed by atoms with Crippen LogP contribution in [0.4, 0.5) is 19.3 Å². The monoisotopic (exact) mass is 719 g/mol. The number of nitrogens with zero attached hydrogens (tertiary/aromatic N) is 2. The number of anilines is 1. The van der Waals surface area contributed by atoms with E-state index >= 15 is 4.39 Å². The Morgan fingerprint density at radius 1 is 0.960 bits per heavy atom. The Labute approximate surface area is 297 Å². The SMILES string of the molecule is COC(COC(=O)NC(C)(C)C)Cc1ccc(-c2cc3nccc(Oc4ccc(NC(=S)NC(=O)Cc5ccc(F)cc5)cc4F)c3s2)nc1. The van der Waals surface area contributed by atoms with Crippen LogP contribution in [-0.2, 0) is 27.1 Å². The van der Waals surface area contributed by atoms with E-state index in [4.69, 9.17) is 26.4 Å². The van der Waals surface area contributed by atoms with E-state index < -0.39 is 29.2 Å². The first-order valence-electron chi connectivity index (χ1n) is 15.5. The number of rotatable bonds is 11. The number of hydrogen-bond donors (Lipinski definition) is 3. The maximum Gasteiger partial charge on any atom is 0.407 e. The van der Waals surface area contributed by atoms with E-state index in [1.807, 2.05) is 39.0 Å². The molecular weight excluding hydrogens is 685 g/mol. The van der Waals surface area contributed by atoms with Crippen molar-refractivity contribution in [2.75, 3.05) is 19.0 Å². The molecule has 14 heteroatoms. The zero-order chi connectivity index (χ0) is 35.8. The second kappa shape index (κ2) is 16.1. The highest BCUT2D eigenvalue weighted by molar-refractivity contribution is 7.80. The average molecular weight is 720 g/mol. The molecule has 0 spiro atoms. The lowest BCUT2D eigenvalue weighted by atomic mass is 10.1. The van der Waals surface area contributed by atoms with Gasteiger partial charge in [0.2, 0.25) is 5.91 Å². The minimum Gasteiger partial charge on any atom is -0.453 e. The Kier molecular flexibility index (Phi) is 11.7. The largest absolute Gasteiger partial charge is 0.453 e. The van der Waals surface area contributed by atoms with Gasteiger partial charge in [-0.2, -0.15) is 0 Å². The number of aromatic nitrogens is 2. The fourth-order valence-corrected chi connectivity index (χ4v) is 5.97. The van der Waals surface area contributed by atoms with E-state index in [0.29, 0.717) is 33.6 Å². The van der Waals surface area contributed by atoms with E-state index in [-0.39, 0.29) is 30.0 Å². The smallest absolute Gasteiger partial charge is 0.407 e. The number of hydrogen-bond acceptors (Lipinski definition) is 9. The van der Waals surface area contributed by atoms with E-state index in [2.05, 4.69) is 25.9 Å². The van der Waals surface area contributed by atoms with Gasteiger partial charge in [0.1, 0.15) is 18.2 Å². The van der Waals surface area contributed by atoms with Gasteiger partial charge < -0.3 is 30.2 Å². The molecule has 2 aromatic carbocycles. The quantitative estimate of drug-likeness (QED) is 0.119. The van der Waals surface area contributed by atoms with Gasteiger partial charge in [-0.05, 0) is 80.5 Å². The van der Waals surface area contributed by atoms with Crippen LogP contribution in [0.1, 0.15) is 31.9 Å². The Hall–Kier alpha value is -5.05. The van der Waals surface area contributed by atoms with E-state index in [1.165, 1.54) is 47.7 Å². The van der Waals surface area contributed by atoms with Gasteiger partial charge in [-0.3, -0.25) is 14.8 Å². The highest BCUT2D eigenvalue weighted by Crippen LogP contribution is 2.39. The number of nitrogens with one attached hydrogen (secondary N) is 3. The number of pyridine rings is 2. The fourth-order valence-electron chi connectivity index (χ4n) is 4.70. The zero-order valence-electron chi connectivity index (χ0n) is 27.7. The molecule has 0 radical (unpaired) electrons. The molecule has 3 N–H and O–H groups in total. The maximum absolute atomic E-state index is 15.2. The van der Waals surface area contributed by atoms with Gasteiger partial charge in [0.15, 0.2) is 16.7 Å². The molecule has 0 saturated carbocycles. The van der Waals surface area contributed by atoms with Gasteiger partial charge in [-0.15, -0.1) is 11.3 Å². The molecule has 260 valence electrons. The zero-order valence-corrected chi connectivity index (χ0v) is 29.3. The van der Waals surface area contributed by atoms with Crippen molar-refractivity contribution < 1.29 is 32.6 Å². The summed E-state index contributed by atoms with van der Waals surface area (Å²) in [5.74, 6) is -1.04. The van der Waals surface area contributed by atoms with Crippen molar-refractivity contribution in [3.63, 3.8) is 0 Å². The molecule has 0 fully saturated rings. The molecule has 10 nitrogen and oxygen atoms in total. The van der Waals surface area contributed by atoms with Gasteiger partial charge in [0, 0.05) is 49.3 Å². The third-order valence-electron chi connectivity index (χ3n) is 7.07. The van der Waals surface area contributed by atoms with Crippen molar-refractivity contribution in [2.24, 2.45) is 0 Å². The number of carbonyl (C=O) groups is 2. The fraction of sp³-hybridized carbons (Fsp3) is 0.250. The lowest BCUT2D eigenvalue weighted by Crippen LogP contribution is -2.42. The second-order valence-corrected chi connectivity index (χ2v) is 13.7. The first kappa shape index (κ1) is 36.2. The van der Waals surface area contributed by atoms with Crippen molar-refractivity contribution in [1.29, 1.82) is 0 Å². The average Bonchev–Trinajstić information content (AvgIpc) is 3.50. The van der Waals surface area contributed by atoms with Crippen molar-refractivity contribution >= 4 is 56.6 Å². The summed E-state index contributed by atoms with van der Waals surface area (Å²) in [6.45, 7) is 5.71. The molecule has 1 unspecified atom stereocenters. The van der Waals surface area contributed by atoms with E-state index in [1.54, 1.807) is 31.6 Å². The number of carbonyl (C=O) groups excluding carboxylic acids is 2. The molecule has 0 aliphatic rings. The van der Waals surface area contributed by atoms with E-state index in [0.717, 1.165) is 16.1 Å². The summed E-state index contributed by atoms with van der Waals surface area (Å²) < 4.78 is 45.8. The number of amides is 2. The number of benzene rings is 2. The Morgan fingerprint density at radius 3 is 2.40 bits per heavy atom. The first-order chi connectivity index (χ1) is 23.8. The summed E-state index contributed by atoms with van der Waals surface area (Å²) >= 11 is 6.61. The second-order valence-electron chi connectivity index (χ2n) is 12.3. The number of thiocarbonyl (C=S) groups is 1. The molecule has 1 atom stereocenters. The highest BCUT2D eigenvalue weighted by atomic mass is 32.1.